The van der Waals surface area contributed by atoms with Crippen molar-refractivity contribution in [1.82, 2.24) is 24.4 Å². The summed E-state index contributed by atoms with van der Waals surface area (Å²) in [5.41, 5.74) is 3.22. The minimum Gasteiger partial charge on any atom is -0.332 e. The number of aryl methyl sites for hydroxylation is 1. The number of aromatic nitrogens is 4. The van der Waals surface area contributed by atoms with Gasteiger partial charge in [0.2, 0.25) is 0 Å². The molecule has 2 aromatic heterocycles. The summed E-state index contributed by atoms with van der Waals surface area (Å²) in [6, 6.07) is 0.801. The van der Waals surface area contributed by atoms with Crippen LogP contribution < -0.4 is 0 Å². The molecule has 0 radical (unpaired) electrons. The molecule has 0 unspecified atom stereocenters. The Morgan fingerprint density at radius 1 is 1.04 bits per heavy atom. The summed E-state index contributed by atoms with van der Waals surface area (Å²) < 4.78 is 2.03. The topological polar surface area (TPSA) is 46.8 Å². The third-order valence-electron chi connectivity index (χ3n) is 5.47. The van der Waals surface area contributed by atoms with Gasteiger partial charge in [-0.2, -0.15) is 0 Å². The normalized spacial score (nSPS) is 23.4. The average Bonchev–Trinajstić information content (AvgIpc) is 3.26. The summed E-state index contributed by atoms with van der Waals surface area (Å²) in [6.07, 6.45) is 15.4. The molecule has 1 aliphatic heterocycles. The SMILES string of the molecule is Cn1cncc1-c1nccnc1[C@H]1CCCN(C2CCCC2)C1. The molecule has 2 fully saturated rings. The van der Waals surface area contributed by atoms with E-state index in [1.807, 2.05) is 30.3 Å². The second-order valence-electron chi connectivity index (χ2n) is 6.95. The molecule has 0 amide bonds. The molecule has 0 spiro atoms. The highest BCUT2D eigenvalue weighted by Crippen LogP contribution is 2.34. The van der Waals surface area contributed by atoms with Crippen LogP contribution in [0.1, 0.15) is 50.1 Å². The number of hydrogen-bond acceptors (Lipinski definition) is 4. The van der Waals surface area contributed by atoms with Gasteiger partial charge >= 0.3 is 0 Å². The van der Waals surface area contributed by atoms with Gasteiger partial charge in [-0.05, 0) is 32.2 Å². The molecule has 3 heterocycles. The first kappa shape index (κ1) is 14.8. The van der Waals surface area contributed by atoms with Gasteiger partial charge in [-0.15, -0.1) is 0 Å². The zero-order chi connectivity index (χ0) is 15.6. The molecule has 0 N–H and O–H groups in total. The third kappa shape index (κ3) is 2.90. The van der Waals surface area contributed by atoms with E-state index in [-0.39, 0.29) is 0 Å². The maximum Gasteiger partial charge on any atom is 0.110 e. The van der Waals surface area contributed by atoms with Crippen molar-refractivity contribution in [3.05, 3.63) is 30.6 Å². The fourth-order valence-electron chi connectivity index (χ4n) is 4.26. The van der Waals surface area contributed by atoms with E-state index in [4.69, 9.17) is 4.98 Å². The van der Waals surface area contributed by atoms with Gasteiger partial charge in [0.25, 0.3) is 0 Å². The van der Waals surface area contributed by atoms with Crippen molar-refractivity contribution in [1.29, 1.82) is 0 Å². The van der Waals surface area contributed by atoms with E-state index >= 15 is 0 Å². The van der Waals surface area contributed by atoms with Crippen molar-refractivity contribution in [2.24, 2.45) is 7.05 Å². The van der Waals surface area contributed by atoms with Crippen molar-refractivity contribution < 1.29 is 0 Å². The largest absolute Gasteiger partial charge is 0.332 e. The third-order valence-corrected chi connectivity index (χ3v) is 5.47. The molecule has 2 aromatic rings. The Kier molecular flexibility index (Phi) is 4.12. The van der Waals surface area contributed by atoms with Crippen molar-refractivity contribution in [2.75, 3.05) is 13.1 Å². The van der Waals surface area contributed by atoms with Crippen LogP contribution in [0.3, 0.4) is 0 Å². The van der Waals surface area contributed by atoms with Crippen LogP contribution in [0, 0.1) is 0 Å². The highest BCUT2D eigenvalue weighted by molar-refractivity contribution is 5.57. The van der Waals surface area contributed by atoms with Gasteiger partial charge in [-0.3, -0.25) is 14.9 Å². The summed E-state index contributed by atoms with van der Waals surface area (Å²) in [7, 11) is 2.02. The maximum atomic E-state index is 4.73. The molecule has 1 atom stereocenters. The van der Waals surface area contributed by atoms with E-state index < -0.39 is 0 Å². The van der Waals surface area contributed by atoms with Crippen molar-refractivity contribution in [3.8, 4) is 11.4 Å². The summed E-state index contributed by atoms with van der Waals surface area (Å²) in [5, 5.41) is 0. The Labute approximate surface area is 137 Å². The van der Waals surface area contributed by atoms with Crippen LogP contribution in [-0.2, 0) is 7.05 Å². The molecular formula is C18H25N5. The number of hydrogen-bond donors (Lipinski definition) is 0. The fourth-order valence-corrected chi connectivity index (χ4v) is 4.26. The average molecular weight is 311 g/mol. The molecule has 5 heteroatoms. The lowest BCUT2D eigenvalue weighted by Crippen LogP contribution is -2.41. The molecule has 2 aliphatic rings. The monoisotopic (exact) mass is 311 g/mol. The summed E-state index contributed by atoms with van der Waals surface area (Å²) >= 11 is 0. The molecule has 5 nitrogen and oxygen atoms in total. The van der Waals surface area contributed by atoms with E-state index in [1.165, 1.54) is 45.1 Å². The first-order valence-corrected chi connectivity index (χ1v) is 8.84. The van der Waals surface area contributed by atoms with Gasteiger partial charge in [-0.25, -0.2) is 4.98 Å². The highest BCUT2D eigenvalue weighted by atomic mass is 15.2. The quantitative estimate of drug-likeness (QED) is 0.874. The molecule has 0 bridgehead atoms. The van der Waals surface area contributed by atoms with Crippen LogP contribution in [0.4, 0.5) is 0 Å². The zero-order valence-electron chi connectivity index (χ0n) is 13.9. The summed E-state index contributed by atoms with van der Waals surface area (Å²) in [4.78, 5) is 16.3. The predicted molar refractivity (Wildman–Crippen MR) is 90.0 cm³/mol. The van der Waals surface area contributed by atoms with Gasteiger partial charge < -0.3 is 4.57 Å². The molecule has 1 saturated heterocycles. The maximum absolute atomic E-state index is 4.73. The van der Waals surface area contributed by atoms with E-state index in [0.29, 0.717) is 5.92 Å². The predicted octanol–water partition coefficient (Wildman–Crippen LogP) is 3.00. The van der Waals surface area contributed by atoms with Gasteiger partial charge in [0, 0.05) is 37.9 Å². The lowest BCUT2D eigenvalue weighted by atomic mass is 9.91. The summed E-state index contributed by atoms with van der Waals surface area (Å²) in [6.45, 7) is 2.39. The van der Waals surface area contributed by atoms with Crippen LogP contribution in [0.2, 0.25) is 0 Å². The lowest BCUT2D eigenvalue weighted by molar-refractivity contribution is 0.149. The van der Waals surface area contributed by atoms with Crippen molar-refractivity contribution >= 4 is 0 Å². The van der Waals surface area contributed by atoms with Crippen LogP contribution >= 0.6 is 0 Å². The Morgan fingerprint density at radius 3 is 2.65 bits per heavy atom. The molecule has 1 saturated carbocycles. The molecule has 122 valence electrons. The first-order valence-electron chi connectivity index (χ1n) is 8.84. The standard InChI is InChI=1S/C18H25N5/c1-22-13-19-11-16(22)18-17(20-8-9-21-18)14-5-4-10-23(12-14)15-6-2-3-7-15/h8-9,11,13-15H,2-7,10,12H2,1H3/t14-/m0/s1. The fraction of sp³-hybridized carbons (Fsp3) is 0.611. The van der Waals surface area contributed by atoms with Crippen LogP contribution in [0.25, 0.3) is 11.4 Å². The Bertz CT molecular complexity index is 659. The van der Waals surface area contributed by atoms with E-state index in [1.54, 1.807) is 6.20 Å². The first-order chi connectivity index (χ1) is 11.3. The van der Waals surface area contributed by atoms with Crippen LogP contribution in [-0.4, -0.2) is 43.6 Å². The number of likely N-dealkylation sites (tertiary alicyclic amines) is 1. The highest BCUT2D eigenvalue weighted by Gasteiger charge is 2.30. The minimum atomic E-state index is 0.489. The Balaban J connectivity index is 1.61. The van der Waals surface area contributed by atoms with Gasteiger partial charge in [0.15, 0.2) is 0 Å². The number of imidazole rings is 1. The number of piperidine rings is 1. The van der Waals surface area contributed by atoms with Gasteiger partial charge in [0.1, 0.15) is 5.69 Å². The van der Waals surface area contributed by atoms with E-state index in [2.05, 4.69) is 14.9 Å². The molecule has 23 heavy (non-hydrogen) atoms. The Morgan fingerprint density at radius 2 is 1.87 bits per heavy atom. The smallest absolute Gasteiger partial charge is 0.110 e. The zero-order valence-corrected chi connectivity index (χ0v) is 13.9. The van der Waals surface area contributed by atoms with E-state index in [9.17, 15) is 0 Å². The van der Waals surface area contributed by atoms with Gasteiger partial charge in [0.05, 0.1) is 23.9 Å². The number of nitrogens with zero attached hydrogens (tertiary/aromatic N) is 5. The van der Waals surface area contributed by atoms with Crippen molar-refractivity contribution in [3.63, 3.8) is 0 Å². The second-order valence-corrected chi connectivity index (χ2v) is 6.95. The van der Waals surface area contributed by atoms with Crippen LogP contribution in [0.15, 0.2) is 24.9 Å². The lowest BCUT2D eigenvalue weighted by Gasteiger charge is -2.36. The Hall–Kier alpha value is -1.75. The second kappa shape index (κ2) is 6.40. The molecule has 0 aromatic carbocycles. The number of rotatable bonds is 3. The molecule has 4 rings (SSSR count). The molecule has 1 aliphatic carbocycles. The van der Waals surface area contributed by atoms with E-state index in [0.717, 1.165) is 29.7 Å². The van der Waals surface area contributed by atoms with Crippen molar-refractivity contribution in [2.45, 2.75) is 50.5 Å². The van der Waals surface area contributed by atoms with Gasteiger partial charge in [-0.1, -0.05) is 12.8 Å². The minimum absolute atomic E-state index is 0.489. The molecular weight excluding hydrogens is 286 g/mol. The summed E-state index contributed by atoms with van der Waals surface area (Å²) in [5.74, 6) is 0.489. The van der Waals surface area contributed by atoms with Crippen LogP contribution in [0.5, 0.6) is 0 Å².